The van der Waals surface area contributed by atoms with Gasteiger partial charge in [0.2, 0.25) is 15.9 Å². The molecule has 6 nitrogen and oxygen atoms in total. The van der Waals surface area contributed by atoms with Crippen molar-refractivity contribution < 1.29 is 13.2 Å². The van der Waals surface area contributed by atoms with Crippen molar-refractivity contribution in [3.8, 4) is 0 Å². The number of amides is 1. The number of primary sulfonamides is 1. The first-order valence-corrected chi connectivity index (χ1v) is 11.1. The number of piperidine rings is 1. The molecule has 0 saturated carbocycles. The maximum Gasteiger partial charge on any atom is 0.238 e. The smallest absolute Gasteiger partial charge is 0.238 e. The summed E-state index contributed by atoms with van der Waals surface area (Å²) in [7, 11) is -3.72. The van der Waals surface area contributed by atoms with Crippen LogP contribution in [0.1, 0.15) is 36.0 Å². The normalized spacial score (nSPS) is 15.3. The highest BCUT2D eigenvalue weighted by atomic mass is 32.2. The van der Waals surface area contributed by atoms with E-state index in [4.69, 9.17) is 5.14 Å². The second-order valence-corrected chi connectivity index (χ2v) is 8.81. The molecule has 0 radical (unpaired) electrons. The summed E-state index contributed by atoms with van der Waals surface area (Å²) in [6.07, 6.45) is 4.01. The third-order valence-electron chi connectivity index (χ3n) is 5.05. The van der Waals surface area contributed by atoms with Crippen LogP contribution in [0.5, 0.6) is 0 Å². The summed E-state index contributed by atoms with van der Waals surface area (Å²) in [4.78, 5) is 14.8. The van der Waals surface area contributed by atoms with Crippen molar-refractivity contribution in [3.63, 3.8) is 0 Å². The Morgan fingerprint density at radius 3 is 2.25 bits per heavy atom. The lowest BCUT2D eigenvalue weighted by Gasteiger charge is -2.27. The van der Waals surface area contributed by atoms with Gasteiger partial charge in [-0.25, -0.2) is 13.6 Å². The van der Waals surface area contributed by atoms with Crippen LogP contribution in [0.25, 0.3) is 0 Å². The summed E-state index contributed by atoms with van der Waals surface area (Å²) < 4.78 is 22.6. The molecule has 1 amide bonds. The van der Waals surface area contributed by atoms with Gasteiger partial charge in [-0.15, -0.1) is 0 Å². The van der Waals surface area contributed by atoms with Crippen molar-refractivity contribution in [1.29, 1.82) is 0 Å². The summed E-state index contributed by atoms with van der Waals surface area (Å²) >= 11 is 0. The Kier molecular flexibility index (Phi) is 6.83. The van der Waals surface area contributed by atoms with Gasteiger partial charge < -0.3 is 5.32 Å². The number of hydrogen-bond acceptors (Lipinski definition) is 4. The molecular weight excluding hydrogens is 374 g/mol. The second kappa shape index (κ2) is 9.32. The number of nitrogens with one attached hydrogen (secondary N) is 1. The highest BCUT2D eigenvalue weighted by Crippen LogP contribution is 2.16. The molecule has 0 aromatic heterocycles. The van der Waals surface area contributed by atoms with Gasteiger partial charge in [0.15, 0.2) is 0 Å². The van der Waals surface area contributed by atoms with Crippen molar-refractivity contribution >= 4 is 15.9 Å². The zero-order chi connectivity index (χ0) is 20.0. The van der Waals surface area contributed by atoms with Gasteiger partial charge in [0.1, 0.15) is 0 Å². The van der Waals surface area contributed by atoms with E-state index >= 15 is 0 Å². The number of rotatable bonds is 7. The van der Waals surface area contributed by atoms with Crippen molar-refractivity contribution in [1.82, 2.24) is 10.2 Å². The number of sulfonamides is 1. The van der Waals surface area contributed by atoms with Gasteiger partial charge in [-0.1, -0.05) is 42.8 Å². The quantitative estimate of drug-likeness (QED) is 0.744. The van der Waals surface area contributed by atoms with E-state index in [1.165, 1.54) is 37.0 Å². The molecule has 150 valence electrons. The fraction of sp³-hybridized carbons (Fsp3) is 0.381. The summed E-state index contributed by atoms with van der Waals surface area (Å²) in [5.41, 5.74) is 3.12. The Hall–Kier alpha value is -2.22. The topological polar surface area (TPSA) is 92.5 Å². The van der Waals surface area contributed by atoms with Gasteiger partial charge in [0.05, 0.1) is 11.3 Å². The fourth-order valence-corrected chi connectivity index (χ4v) is 4.00. The maximum absolute atomic E-state index is 12.3. The zero-order valence-corrected chi connectivity index (χ0v) is 16.7. The van der Waals surface area contributed by atoms with E-state index in [1.807, 2.05) is 12.1 Å². The largest absolute Gasteiger partial charge is 0.352 e. The van der Waals surface area contributed by atoms with Gasteiger partial charge in [0.25, 0.3) is 0 Å². The number of nitrogens with zero attached hydrogens (tertiary/aromatic N) is 1. The van der Waals surface area contributed by atoms with E-state index in [-0.39, 0.29) is 17.2 Å². The summed E-state index contributed by atoms with van der Waals surface area (Å²) in [5, 5.41) is 8.06. The van der Waals surface area contributed by atoms with Crippen LogP contribution in [0.4, 0.5) is 0 Å². The Balaban J connectivity index is 1.56. The second-order valence-electron chi connectivity index (χ2n) is 7.25. The van der Waals surface area contributed by atoms with Gasteiger partial charge in [-0.05, 0) is 54.8 Å². The zero-order valence-electron chi connectivity index (χ0n) is 15.9. The van der Waals surface area contributed by atoms with Crippen molar-refractivity contribution in [2.75, 3.05) is 13.1 Å². The minimum Gasteiger partial charge on any atom is -0.352 e. The molecule has 1 aliphatic heterocycles. The highest BCUT2D eigenvalue weighted by Gasteiger charge is 2.13. The Bertz CT molecular complexity index is 905. The van der Waals surface area contributed by atoms with Crippen LogP contribution in [0, 0.1) is 0 Å². The first kappa shape index (κ1) is 20.5. The van der Waals surface area contributed by atoms with Crippen molar-refractivity contribution in [2.45, 2.75) is 43.7 Å². The molecule has 1 fully saturated rings. The predicted octanol–water partition coefficient (Wildman–Crippen LogP) is 2.18. The standard InChI is InChI=1S/C21H27N3O3S/c22-28(26,27)20-10-8-17(9-11-20)14-21(25)23-15-18-6-2-3-7-19(18)16-24-12-4-1-5-13-24/h2-3,6-11H,1,4-5,12-16H2,(H,23,25)(H2,22,26,27). The monoisotopic (exact) mass is 401 g/mol. The third kappa shape index (κ3) is 5.89. The summed E-state index contributed by atoms with van der Waals surface area (Å²) in [6.45, 7) is 3.67. The Labute approximate surface area is 166 Å². The van der Waals surface area contributed by atoms with Crippen LogP contribution in [0.2, 0.25) is 0 Å². The summed E-state index contributed by atoms with van der Waals surface area (Å²) in [5.74, 6) is -0.101. The molecule has 1 aliphatic rings. The number of carbonyl (C=O) groups is 1. The van der Waals surface area contributed by atoms with Gasteiger partial charge in [0, 0.05) is 13.1 Å². The molecule has 28 heavy (non-hydrogen) atoms. The van der Waals surface area contributed by atoms with E-state index in [9.17, 15) is 13.2 Å². The van der Waals surface area contributed by atoms with E-state index in [0.29, 0.717) is 6.54 Å². The Morgan fingerprint density at radius 1 is 0.964 bits per heavy atom. The highest BCUT2D eigenvalue weighted by molar-refractivity contribution is 7.89. The van der Waals surface area contributed by atoms with Gasteiger partial charge in [-0.3, -0.25) is 9.69 Å². The fourth-order valence-electron chi connectivity index (χ4n) is 3.48. The van der Waals surface area contributed by atoms with Crippen LogP contribution in [-0.4, -0.2) is 32.3 Å². The average molecular weight is 402 g/mol. The van der Waals surface area contributed by atoms with Crippen molar-refractivity contribution in [2.24, 2.45) is 5.14 Å². The van der Waals surface area contributed by atoms with Crippen LogP contribution in [0.15, 0.2) is 53.4 Å². The first-order valence-electron chi connectivity index (χ1n) is 9.59. The molecular formula is C21H27N3O3S. The number of carbonyl (C=O) groups excluding carboxylic acids is 1. The molecule has 1 heterocycles. The molecule has 1 saturated heterocycles. The minimum atomic E-state index is -3.72. The SMILES string of the molecule is NS(=O)(=O)c1ccc(CC(=O)NCc2ccccc2CN2CCCCC2)cc1. The van der Waals surface area contributed by atoms with Crippen LogP contribution < -0.4 is 10.5 Å². The van der Waals surface area contributed by atoms with Gasteiger partial charge in [-0.2, -0.15) is 0 Å². The number of benzene rings is 2. The van der Waals surface area contributed by atoms with E-state index in [0.717, 1.165) is 30.8 Å². The lowest BCUT2D eigenvalue weighted by Crippen LogP contribution is -2.30. The molecule has 3 N–H and O–H groups in total. The molecule has 2 aromatic rings. The Morgan fingerprint density at radius 2 is 1.61 bits per heavy atom. The van der Waals surface area contributed by atoms with E-state index < -0.39 is 10.0 Å². The third-order valence-corrected chi connectivity index (χ3v) is 5.98. The maximum atomic E-state index is 12.3. The van der Waals surface area contributed by atoms with Crippen LogP contribution in [0.3, 0.4) is 0 Å². The predicted molar refractivity (Wildman–Crippen MR) is 109 cm³/mol. The van der Waals surface area contributed by atoms with Crippen LogP contribution in [-0.2, 0) is 34.3 Å². The molecule has 0 aliphatic carbocycles. The van der Waals surface area contributed by atoms with Gasteiger partial charge >= 0.3 is 0 Å². The number of hydrogen-bond donors (Lipinski definition) is 2. The molecule has 0 atom stereocenters. The minimum absolute atomic E-state index is 0.0447. The summed E-state index contributed by atoms with van der Waals surface area (Å²) in [6, 6.07) is 14.3. The lowest BCUT2D eigenvalue weighted by molar-refractivity contribution is -0.120. The molecule has 0 spiro atoms. The lowest BCUT2D eigenvalue weighted by atomic mass is 10.0. The van der Waals surface area contributed by atoms with Crippen LogP contribution >= 0.6 is 0 Å². The average Bonchev–Trinajstić information content (AvgIpc) is 2.68. The van der Waals surface area contributed by atoms with E-state index in [1.54, 1.807) is 12.1 Å². The molecule has 0 bridgehead atoms. The molecule has 2 aromatic carbocycles. The molecule has 3 rings (SSSR count). The van der Waals surface area contributed by atoms with Crippen molar-refractivity contribution in [3.05, 3.63) is 65.2 Å². The molecule has 0 unspecified atom stereocenters. The molecule has 7 heteroatoms. The number of likely N-dealkylation sites (tertiary alicyclic amines) is 1. The van der Waals surface area contributed by atoms with E-state index in [2.05, 4.69) is 22.3 Å². The first-order chi connectivity index (χ1) is 13.4. The number of nitrogens with two attached hydrogens (primary N) is 1.